The van der Waals surface area contributed by atoms with Crippen molar-refractivity contribution in [3.05, 3.63) is 80.0 Å². The fraction of sp³-hybridized carbons (Fsp3) is 0.360. The quantitative estimate of drug-likeness (QED) is 0.503. The van der Waals surface area contributed by atoms with Crippen LogP contribution in [-0.4, -0.2) is 37.5 Å². The van der Waals surface area contributed by atoms with Gasteiger partial charge in [-0.1, -0.05) is 36.8 Å². The molecule has 1 N–H and O–H groups in total. The van der Waals surface area contributed by atoms with Gasteiger partial charge in [-0.05, 0) is 62.1 Å². The van der Waals surface area contributed by atoms with E-state index in [0.29, 0.717) is 18.4 Å². The first kappa shape index (κ1) is 20.6. The summed E-state index contributed by atoms with van der Waals surface area (Å²) in [5, 5.41) is 0. The van der Waals surface area contributed by atoms with E-state index >= 15 is 0 Å². The second-order valence-electron chi connectivity index (χ2n) is 8.69. The van der Waals surface area contributed by atoms with Crippen LogP contribution >= 0.6 is 0 Å². The predicted octanol–water partition coefficient (Wildman–Crippen LogP) is 3.43. The summed E-state index contributed by atoms with van der Waals surface area (Å²) in [6.07, 6.45) is 3.53. The molecule has 1 saturated heterocycles. The maximum Gasteiger partial charge on any atom is 0.349 e. The summed E-state index contributed by atoms with van der Waals surface area (Å²) in [6, 6.07) is 15.1. The minimum atomic E-state index is -0.638. The molecule has 2 aromatic carbocycles. The maximum absolute atomic E-state index is 12.5. The Balaban J connectivity index is 1.58. The number of hydrogen-bond acceptors (Lipinski definition) is 5. The van der Waals surface area contributed by atoms with Gasteiger partial charge in [-0.15, -0.1) is 0 Å². The lowest BCUT2D eigenvalue weighted by molar-refractivity contribution is 0.144. The van der Waals surface area contributed by atoms with E-state index in [-0.39, 0.29) is 5.69 Å². The maximum atomic E-state index is 12.5. The molecule has 7 nitrogen and oxygen atoms in total. The minimum Gasteiger partial charge on any atom is -0.321 e. The molecule has 3 heterocycles. The van der Waals surface area contributed by atoms with Gasteiger partial charge in [0.1, 0.15) is 0 Å². The highest BCUT2D eigenvalue weighted by molar-refractivity contribution is 5.81. The molecule has 32 heavy (non-hydrogen) atoms. The molecule has 164 valence electrons. The van der Waals surface area contributed by atoms with Crippen LogP contribution in [0, 0.1) is 13.8 Å². The van der Waals surface area contributed by atoms with Crippen LogP contribution in [0.15, 0.2) is 52.1 Å². The van der Waals surface area contributed by atoms with Crippen LogP contribution in [0.1, 0.15) is 42.0 Å². The Kier molecular flexibility index (Phi) is 5.35. The van der Waals surface area contributed by atoms with Gasteiger partial charge in [0, 0.05) is 19.1 Å². The summed E-state index contributed by atoms with van der Waals surface area (Å²) >= 11 is 0. The van der Waals surface area contributed by atoms with E-state index < -0.39 is 11.2 Å². The highest BCUT2D eigenvalue weighted by atomic mass is 16.2. The van der Waals surface area contributed by atoms with Gasteiger partial charge in [-0.2, -0.15) is 4.98 Å². The van der Waals surface area contributed by atoms with E-state index in [9.17, 15) is 9.59 Å². The second kappa shape index (κ2) is 8.31. The fourth-order valence-corrected chi connectivity index (χ4v) is 4.82. The second-order valence-corrected chi connectivity index (χ2v) is 8.69. The number of benzene rings is 2. The summed E-state index contributed by atoms with van der Waals surface area (Å²) in [4.78, 5) is 38.0. The molecule has 1 atom stereocenters. The molecule has 5 rings (SSSR count). The Labute approximate surface area is 186 Å². The van der Waals surface area contributed by atoms with Crippen molar-refractivity contribution in [2.24, 2.45) is 0 Å². The topological polar surface area (TPSA) is 83.9 Å². The number of piperidine rings is 1. The summed E-state index contributed by atoms with van der Waals surface area (Å²) in [5.41, 5.74) is 4.30. The highest BCUT2D eigenvalue weighted by Crippen LogP contribution is 2.31. The summed E-state index contributed by atoms with van der Waals surface area (Å²) in [6.45, 7) is 6.54. The Morgan fingerprint density at radius 3 is 2.59 bits per heavy atom. The van der Waals surface area contributed by atoms with Crippen molar-refractivity contribution in [3.63, 3.8) is 0 Å². The van der Waals surface area contributed by atoms with Gasteiger partial charge in [-0.25, -0.2) is 9.78 Å². The number of aromatic nitrogens is 4. The van der Waals surface area contributed by atoms with E-state index in [2.05, 4.69) is 63.2 Å². The molecule has 7 heteroatoms. The molecule has 0 aliphatic carbocycles. The van der Waals surface area contributed by atoms with Crippen molar-refractivity contribution in [3.8, 4) is 11.5 Å². The number of aromatic amines is 1. The molecule has 2 aromatic rings. The van der Waals surface area contributed by atoms with Gasteiger partial charge in [0.2, 0.25) is 0 Å². The van der Waals surface area contributed by atoms with Crippen LogP contribution in [0.25, 0.3) is 22.6 Å². The third kappa shape index (κ3) is 3.73. The molecule has 0 saturated carbocycles. The van der Waals surface area contributed by atoms with Crippen molar-refractivity contribution < 1.29 is 0 Å². The molecule has 1 fully saturated rings. The van der Waals surface area contributed by atoms with Crippen molar-refractivity contribution in [2.45, 2.75) is 45.7 Å². The lowest BCUT2D eigenvalue weighted by Crippen LogP contribution is -2.36. The van der Waals surface area contributed by atoms with Gasteiger partial charge >= 0.3 is 5.69 Å². The first-order valence-electron chi connectivity index (χ1n) is 11.2. The lowest BCUT2D eigenvalue weighted by atomic mass is 9.95. The Bertz CT molecular complexity index is 1360. The average Bonchev–Trinajstić information content (AvgIpc) is 2.79. The summed E-state index contributed by atoms with van der Waals surface area (Å²) < 4.78 is 2.00. The number of H-pyrrole nitrogens is 1. The van der Waals surface area contributed by atoms with E-state index in [1.807, 2.05) is 17.6 Å². The van der Waals surface area contributed by atoms with Crippen LogP contribution in [0.4, 0.5) is 0 Å². The molecule has 3 aliphatic heterocycles. The zero-order valence-corrected chi connectivity index (χ0v) is 18.5. The predicted molar refractivity (Wildman–Crippen MR) is 125 cm³/mol. The Hall–Kier alpha value is -3.32. The molecule has 0 radical (unpaired) electrons. The average molecular weight is 430 g/mol. The van der Waals surface area contributed by atoms with Gasteiger partial charge in [0.15, 0.2) is 11.5 Å². The normalized spacial score (nSPS) is 17.2. The highest BCUT2D eigenvalue weighted by Gasteiger charge is 2.25. The van der Waals surface area contributed by atoms with E-state index in [0.717, 1.165) is 41.7 Å². The van der Waals surface area contributed by atoms with Gasteiger partial charge in [-0.3, -0.25) is 14.7 Å². The number of fused-ring (bicyclic) bond motifs is 2. The first-order chi connectivity index (χ1) is 15.5. The summed E-state index contributed by atoms with van der Waals surface area (Å²) in [5.74, 6) is 0.350. The molecule has 0 bridgehead atoms. The third-order valence-electron chi connectivity index (χ3n) is 6.63. The molecular weight excluding hydrogens is 402 g/mol. The lowest BCUT2D eigenvalue weighted by Gasteiger charge is -2.36. The number of nitrogens with one attached hydrogen (secondary N) is 1. The summed E-state index contributed by atoms with van der Waals surface area (Å²) in [7, 11) is 0. The van der Waals surface area contributed by atoms with Crippen LogP contribution in [0.2, 0.25) is 0 Å². The standard InChI is InChI=1S/C25H27N5O2/c1-16-14-19-21(15-17(16)2)30(23-22(26-19)24(31)28-25(32)27-23)13-12-29-11-7-6-10-20(29)18-8-4-3-5-9-18/h3-5,8-9,14-15,20H,6-7,10-13H2,1-2H3,(H,28,31,32). The molecular formula is C25H27N5O2. The van der Waals surface area contributed by atoms with Gasteiger partial charge < -0.3 is 4.57 Å². The van der Waals surface area contributed by atoms with E-state index in [1.54, 1.807) is 0 Å². The van der Waals surface area contributed by atoms with Crippen molar-refractivity contribution in [1.29, 1.82) is 0 Å². The number of hydrogen-bond donors (Lipinski definition) is 1. The SMILES string of the molecule is Cc1cc2nc3c(=O)[nH]c(=O)nc-3n(CCN3CCCCC3c3ccccc3)c2cc1C. The Morgan fingerprint density at radius 2 is 1.78 bits per heavy atom. The van der Waals surface area contributed by atoms with Crippen LogP contribution in [-0.2, 0) is 6.54 Å². The number of aryl methyl sites for hydroxylation is 2. The largest absolute Gasteiger partial charge is 0.349 e. The molecule has 3 aliphatic rings. The molecule has 1 unspecified atom stereocenters. The third-order valence-corrected chi connectivity index (χ3v) is 6.63. The van der Waals surface area contributed by atoms with Crippen molar-refractivity contribution in [1.82, 2.24) is 24.4 Å². The zero-order chi connectivity index (χ0) is 22.2. The van der Waals surface area contributed by atoms with E-state index in [1.165, 1.54) is 18.4 Å². The van der Waals surface area contributed by atoms with Crippen LogP contribution < -0.4 is 11.2 Å². The van der Waals surface area contributed by atoms with Crippen molar-refractivity contribution >= 4 is 11.0 Å². The van der Waals surface area contributed by atoms with Gasteiger partial charge in [0.25, 0.3) is 5.56 Å². The minimum absolute atomic E-state index is 0.207. The molecule has 0 aromatic heterocycles. The van der Waals surface area contributed by atoms with Crippen LogP contribution in [0.5, 0.6) is 0 Å². The van der Waals surface area contributed by atoms with E-state index in [4.69, 9.17) is 0 Å². The molecule has 0 amide bonds. The smallest absolute Gasteiger partial charge is 0.321 e. The number of rotatable bonds is 4. The van der Waals surface area contributed by atoms with Crippen LogP contribution in [0.3, 0.4) is 0 Å². The van der Waals surface area contributed by atoms with Crippen molar-refractivity contribution in [2.75, 3.05) is 13.1 Å². The Morgan fingerprint density at radius 1 is 1.00 bits per heavy atom. The fourth-order valence-electron chi connectivity index (χ4n) is 4.82. The first-order valence-corrected chi connectivity index (χ1v) is 11.2. The number of nitrogens with zero attached hydrogens (tertiary/aromatic N) is 4. The zero-order valence-electron chi connectivity index (χ0n) is 18.5. The molecule has 0 spiro atoms. The van der Waals surface area contributed by atoms with Gasteiger partial charge in [0.05, 0.1) is 11.0 Å². The monoisotopic (exact) mass is 429 g/mol. The number of likely N-dealkylation sites (tertiary alicyclic amines) is 1.